The van der Waals surface area contributed by atoms with Gasteiger partial charge in [0, 0.05) is 28.2 Å². The molecule has 0 unspecified atom stereocenters. The van der Waals surface area contributed by atoms with Gasteiger partial charge in [0.05, 0.1) is 10.6 Å². The average Bonchev–Trinajstić information content (AvgIpc) is 2.96. The Morgan fingerprint density at radius 3 is 2.20 bits per heavy atom. The van der Waals surface area contributed by atoms with Crippen LogP contribution in [0.5, 0.6) is 0 Å². The fourth-order valence-corrected chi connectivity index (χ4v) is 6.98. The van der Waals surface area contributed by atoms with Gasteiger partial charge in [0.25, 0.3) is 10.0 Å². The molecule has 0 spiro atoms. The van der Waals surface area contributed by atoms with Gasteiger partial charge in [0.15, 0.2) is 0 Å². The lowest BCUT2D eigenvalue weighted by atomic mass is 9.95. The molecule has 41 heavy (non-hydrogen) atoms. The van der Waals surface area contributed by atoms with Crippen LogP contribution in [-0.4, -0.2) is 43.8 Å². The van der Waals surface area contributed by atoms with E-state index in [1.165, 1.54) is 17.0 Å². The molecule has 0 aromatic heterocycles. The lowest BCUT2D eigenvalue weighted by Crippen LogP contribution is -2.53. The van der Waals surface area contributed by atoms with Crippen molar-refractivity contribution in [2.75, 3.05) is 10.8 Å². The molecule has 2 amide bonds. The van der Waals surface area contributed by atoms with Gasteiger partial charge in [-0.3, -0.25) is 13.9 Å². The van der Waals surface area contributed by atoms with E-state index in [-0.39, 0.29) is 23.4 Å². The smallest absolute Gasteiger partial charge is 0.264 e. The molecule has 0 aliphatic heterocycles. The zero-order chi connectivity index (χ0) is 29.6. The highest BCUT2D eigenvalue weighted by Gasteiger charge is 2.33. The lowest BCUT2D eigenvalue weighted by molar-refractivity contribution is -0.139. The van der Waals surface area contributed by atoms with Crippen LogP contribution in [0, 0.1) is 6.92 Å². The van der Waals surface area contributed by atoms with Gasteiger partial charge in [-0.2, -0.15) is 0 Å². The van der Waals surface area contributed by atoms with Crippen molar-refractivity contribution in [2.24, 2.45) is 0 Å². The summed E-state index contributed by atoms with van der Waals surface area (Å²) in [6.45, 7) is 2.90. The largest absolute Gasteiger partial charge is 0.352 e. The molecule has 10 heteroatoms. The summed E-state index contributed by atoms with van der Waals surface area (Å²) in [5, 5.41) is 3.79. The predicted molar refractivity (Wildman–Crippen MR) is 164 cm³/mol. The zero-order valence-corrected chi connectivity index (χ0v) is 25.6. The highest BCUT2D eigenvalue weighted by atomic mass is 35.5. The number of amides is 2. The van der Waals surface area contributed by atoms with Crippen molar-refractivity contribution >= 4 is 50.7 Å². The van der Waals surface area contributed by atoms with Crippen molar-refractivity contribution in [3.05, 3.63) is 94.0 Å². The third kappa shape index (κ3) is 7.61. The van der Waals surface area contributed by atoms with E-state index in [0.717, 1.165) is 42.0 Å². The highest BCUT2D eigenvalue weighted by Crippen LogP contribution is 2.29. The van der Waals surface area contributed by atoms with Gasteiger partial charge in [0.2, 0.25) is 11.8 Å². The van der Waals surface area contributed by atoms with Crippen LogP contribution in [-0.2, 0) is 26.2 Å². The molecule has 3 aromatic rings. The minimum atomic E-state index is -4.12. The molecule has 3 aromatic carbocycles. The number of nitrogens with one attached hydrogen (secondary N) is 1. The number of carbonyl (C=O) groups excluding carboxylic acids is 2. The second-order valence-electron chi connectivity index (χ2n) is 10.4. The normalized spacial score (nSPS) is 14.7. The number of anilines is 1. The first kappa shape index (κ1) is 30.9. The molecule has 1 atom stereocenters. The summed E-state index contributed by atoms with van der Waals surface area (Å²) in [6.07, 6.45) is 5.00. The monoisotopic (exact) mass is 615 g/mol. The summed E-state index contributed by atoms with van der Waals surface area (Å²) in [6, 6.07) is 19.1. The molecule has 0 heterocycles. The van der Waals surface area contributed by atoms with Crippen molar-refractivity contribution in [1.82, 2.24) is 10.2 Å². The van der Waals surface area contributed by atoms with Crippen LogP contribution in [0.1, 0.15) is 50.2 Å². The molecule has 1 aliphatic carbocycles. The summed E-state index contributed by atoms with van der Waals surface area (Å²) in [7, 11) is -4.12. The molecule has 0 saturated heterocycles. The van der Waals surface area contributed by atoms with Crippen molar-refractivity contribution in [3.8, 4) is 0 Å². The standard InChI is InChI=1S/C31H35Cl2N3O4S/c1-22-11-9-14-25(19-22)36(41(39,40)26-15-7-4-8-16-26)21-30(37)35(20-27-28(32)17-10-18-29(27)33)23(2)31(38)34-24-12-5-3-6-13-24/h4,7-11,14-19,23-24H,3,5-6,12-13,20-21H2,1-2H3,(H,34,38)/t23-/m1/s1. The first-order valence-electron chi connectivity index (χ1n) is 13.7. The van der Waals surface area contributed by atoms with E-state index in [9.17, 15) is 18.0 Å². The number of rotatable bonds is 10. The first-order valence-corrected chi connectivity index (χ1v) is 15.9. The van der Waals surface area contributed by atoms with Crippen LogP contribution in [0.2, 0.25) is 10.0 Å². The fraction of sp³-hybridized carbons (Fsp3) is 0.355. The lowest BCUT2D eigenvalue weighted by Gasteiger charge is -2.33. The van der Waals surface area contributed by atoms with E-state index >= 15 is 0 Å². The summed E-state index contributed by atoms with van der Waals surface area (Å²) in [5.74, 6) is -0.866. The maximum Gasteiger partial charge on any atom is 0.264 e. The van der Waals surface area contributed by atoms with Crippen molar-refractivity contribution in [1.29, 1.82) is 0 Å². The van der Waals surface area contributed by atoms with Gasteiger partial charge in [-0.1, -0.05) is 78.9 Å². The van der Waals surface area contributed by atoms with E-state index in [1.54, 1.807) is 61.5 Å². The van der Waals surface area contributed by atoms with Crippen LogP contribution in [0.4, 0.5) is 5.69 Å². The van der Waals surface area contributed by atoms with Crippen molar-refractivity contribution in [3.63, 3.8) is 0 Å². The van der Waals surface area contributed by atoms with Crippen LogP contribution in [0.25, 0.3) is 0 Å². The number of hydrogen-bond donors (Lipinski definition) is 1. The van der Waals surface area contributed by atoms with Crippen molar-refractivity contribution in [2.45, 2.75) is 69.5 Å². The number of aryl methyl sites for hydroxylation is 1. The van der Waals surface area contributed by atoms with Crippen LogP contribution in [0.15, 0.2) is 77.7 Å². The van der Waals surface area contributed by atoms with Gasteiger partial charge in [0.1, 0.15) is 12.6 Å². The summed E-state index contributed by atoms with van der Waals surface area (Å²) in [4.78, 5) is 29.0. The Morgan fingerprint density at radius 2 is 1.56 bits per heavy atom. The Bertz CT molecular complexity index is 1460. The fourth-order valence-electron chi connectivity index (χ4n) is 5.04. The molecular weight excluding hydrogens is 581 g/mol. The topological polar surface area (TPSA) is 86.8 Å². The maximum absolute atomic E-state index is 14.1. The average molecular weight is 617 g/mol. The maximum atomic E-state index is 14.1. The molecule has 0 radical (unpaired) electrons. The zero-order valence-electron chi connectivity index (χ0n) is 23.2. The van der Waals surface area contributed by atoms with Gasteiger partial charge >= 0.3 is 0 Å². The Hall–Kier alpha value is -3.07. The van der Waals surface area contributed by atoms with E-state index < -0.39 is 28.5 Å². The van der Waals surface area contributed by atoms with Crippen molar-refractivity contribution < 1.29 is 18.0 Å². The molecule has 1 saturated carbocycles. The number of carbonyl (C=O) groups is 2. The van der Waals surface area contributed by atoms with Crippen LogP contribution < -0.4 is 9.62 Å². The number of halogens is 2. The number of hydrogen-bond acceptors (Lipinski definition) is 4. The predicted octanol–water partition coefficient (Wildman–Crippen LogP) is 6.36. The Kier molecular flexibility index (Phi) is 10.3. The summed E-state index contributed by atoms with van der Waals surface area (Å²) < 4.78 is 28.8. The molecular formula is C31H35Cl2N3O4S. The molecule has 1 aliphatic rings. The Labute approximate surface area is 252 Å². The SMILES string of the molecule is Cc1cccc(N(CC(=O)N(Cc2c(Cl)cccc2Cl)[C@H](C)C(=O)NC2CCCCC2)S(=O)(=O)c2ccccc2)c1. The van der Waals surface area contributed by atoms with E-state index in [1.807, 2.05) is 13.0 Å². The van der Waals surface area contributed by atoms with E-state index in [4.69, 9.17) is 23.2 Å². The third-order valence-corrected chi connectivity index (χ3v) is 9.91. The minimum absolute atomic E-state index is 0.0433. The molecule has 1 fully saturated rings. The number of benzene rings is 3. The highest BCUT2D eigenvalue weighted by molar-refractivity contribution is 7.92. The van der Waals surface area contributed by atoms with Gasteiger partial charge in [-0.25, -0.2) is 8.42 Å². The van der Waals surface area contributed by atoms with Gasteiger partial charge < -0.3 is 10.2 Å². The quantitative estimate of drug-likeness (QED) is 0.287. The number of sulfonamides is 1. The van der Waals surface area contributed by atoms with Crippen LogP contribution in [0.3, 0.4) is 0 Å². The third-order valence-electron chi connectivity index (χ3n) is 7.41. The molecule has 1 N–H and O–H groups in total. The second-order valence-corrected chi connectivity index (χ2v) is 13.1. The molecule has 218 valence electrons. The summed E-state index contributed by atoms with van der Waals surface area (Å²) in [5.41, 5.74) is 1.66. The summed E-state index contributed by atoms with van der Waals surface area (Å²) >= 11 is 12.9. The molecule has 0 bridgehead atoms. The Balaban J connectivity index is 1.70. The first-order chi connectivity index (χ1) is 19.6. The van der Waals surface area contributed by atoms with Gasteiger partial charge in [-0.05, 0) is 68.7 Å². The number of nitrogens with zero attached hydrogens (tertiary/aromatic N) is 2. The van der Waals surface area contributed by atoms with E-state index in [2.05, 4.69) is 5.32 Å². The molecule has 7 nitrogen and oxygen atoms in total. The molecule has 4 rings (SSSR count). The van der Waals surface area contributed by atoms with E-state index in [0.29, 0.717) is 21.3 Å². The van der Waals surface area contributed by atoms with Gasteiger partial charge in [-0.15, -0.1) is 0 Å². The van der Waals surface area contributed by atoms with Crippen LogP contribution >= 0.6 is 23.2 Å². The minimum Gasteiger partial charge on any atom is -0.352 e. The second kappa shape index (κ2) is 13.7. The Morgan fingerprint density at radius 1 is 0.927 bits per heavy atom.